The van der Waals surface area contributed by atoms with E-state index in [2.05, 4.69) is 33.8 Å². The Morgan fingerprint density at radius 3 is 2.47 bits per heavy atom. The Labute approximate surface area is 196 Å². The Morgan fingerprint density at radius 2 is 1.77 bits per heavy atom. The molecule has 2 aromatic carbocycles. The Bertz CT molecular complexity index is 960. The molecule has 0 radical (unpaired) electrons. The molecule has 0 aliphatic carbocycles. The maximum atomic E-state index is 11.4. The molecule has 2 aromatic rings. The summed E-state index contributed by atoms with van der Waals surface area (Å²) in [6, 6.07) is 14.0. The van der Waals surface area contributed by atoms with Crippen molar-refractivity contribution in [1.29, 1.82) is 0 Å². The molecule has 0 fully saturated rings. The molecule has 1 aliphatic heterocycles. The quantitative estimate of drug-likeness (QED) is 0.304. The molecule has 0 bridgehead atoms. The largest absolute Gasteiger partial charge is 0.493 e. The molecule has 0 saturated heterocycles. The van der Waals surface area contributed by atoms with Gasteiger partial charge in [-0.3, -0.25) is 0 Å². The molecule has 2 N–H and O–H groups in total. The van der Waals surface area contributed by atoms with Crippen molar-refractivity contribution in [3.8, 4) is 5.75 Å². The lowest BCUT2D eigenvalue weighted by Crippen LogP contribution is -2.38. The first-order valence-corrected chi connectivity index (χ1v) is 12.0. The first-order valence-electron chi connectivity index (χ1n) is 9.95. The molecule has 0 aromatic heterocycles. The second kappa shape index (κ2) is 11.5. The summed E-state index contributed by atoms with van der Waals surface area (Å²) < 4.78 is 28.3. The highest BCUT2D eigenvalue weighted by Gasteiger charge is 2.11. The predicted octanol–water partition coefficient (Wildman–Crippen LogP) is 3.08. The molecule has 1 heterocycles. The van der Waals surface area contributed by atoms with Crippen molar-refractivity contribution < 1.29 is 13.2 Å². The summed E-state index contributed by atoms with van der Waals surface area (Å²) >= 11 is 0. The fourth-order valence-electron chi connectivity index (χ4n) is 3.28. The summed E-state index contributed by atoms with van der Waals surface area (Å²) in [5, 5.41) is 6.64. The second-order valence-corrected chi connectivity index (χ2v) is 9.44. The Hall–Kier alpha value is -1.81. The van der Waals surface area contributed by atoms with E-state index in [9.17, 15) is 8.42 Å². The highest BCUT2D eigenvalue weighted by molar-refractivity contribution is 14.0. The first-order chi connectivity index (χ1) is 13.9. The van der Waals surface area contributed by atoms with Gasteiger partial charge in [0.1, 0.15) is 5.75 Å². The molecule has 0 spiro atoms. The van der Waals surface area contributed by atoms with Crippen molar-refractivity contribution in [2.45, 2.75) is 32.1 Å². The summed E-state index contributed by atoms with van der Waals surface area (Å²) in [6.07, 6.45) is 3.15. The average molecular weight is 543 g/mol. The minimum Gasteiger partial charge on any atom is -0.493 e. The van der Waals surface area contributed by atoms with Gasteiger partial charge in [-0.2, -0.15) is 0 Å². The number of sulfone groups is 1. The number of rotatable bonds is 8. The standard InChI is InChI=1S/C22H29N3O3S.HI/c1-3-23-22(24-12-10-17-8-9-21-20(14-17)11-13-28-21)25-15-18-4-6-19(7-5-18)16-29(2,26)27;/h4-9,14H,3,10-13,15-16H2,1-2H3,(H2,23,24,25);1H. The zero-order valence-electron chi connectivity index (χ0n) is 17.5. The second-order valence-electron chi connectivity index (χ2n) is 7.30. The molecule has 0 saturated carbocycles. The van der Waals surface area contributed by atoms with E-state index in [1.807, 2.05) is 31.2 Å². The third-order valence-corrected chi connectivity index (χ3v) is 5.53. The summed E-state index contributed by atoms with van der Waals surface area (Å²) in [4.78, 5) is 4.63. The number of nitrogens with one attached hydrogen (secondary N) is 2. The van der Waals surface area contributed by atoms with Gasteiger partial charge in [-0.25, -0.2) is 13.4 Å². The predicted molar refractivity (Wildman–Crippen MR) is 133 cm³/mol. The maximum Gasteiger partial charge on any atom is 0.191 e. The lowest BCUT2D eigenvalue weighted by Gasteiger charge is -2.12. The van der Waals surface area contributed by atoms with E-state index >= 15 is 0 Å². The van der Waals surface area contributed by atoms with Crippen molar-refractivity contribution in [2.24, 2.45) is 4.99 Å². The Balaban J connectivity index is 0.00000320. The third kappa shape index (κ3) is 7.79. The monoisotopic (exact) mass is 543 g/mol. The summed E-state index contributed by atoms with van der Waals surface area (Å²) in [5.74, 6) is 1.85. The molecular weight excluding hydrogens is 513 g/mol. The van der Waals surface area contributed by atoms with Crippen LogP contribution in [-0.2, 0) is 35.0 Å². The van der Waals surface area contributed by atoms with Crippen LogP contribution >= 0.6 is 24.0 Å². The number of guanidine groups is 1. The smallest absolute Gasteiger partial charge is 0.191 e. The van der Waals surface area contributed by atoms with Crippen LogP contribution in [0.25, 0.3) is 0 Å². The molecule has 30 heavy (non-hydrogen) atoms. The molecule has 0 atom stereocenters. The van der Waals surface area contributed by atoms with E-state index in [1.165, 1.54) is 17.4 Å². The Kier molecular flexibility index (Phi) is 9.41. The summed E-state index contributed by atoms with van der Waals surface area (Å²) in [7, 11) is -3.01. The number of aliphatic imine (C=N–C) groups is 1. The van der Waals surface area contributed by atoms with Crippen LogP contribution in [0, 0.1) is 0 Å². The zero-order valence-corrected chi connectivity index (χ0v) is 20.6. The van der Waals surface area contributed by atoms with Gasteiger partial charge in [0.05, 0.1) is 18.9 Å². The number of hydrogen-bond acceptors (Lipinski definition) is 4. The lowest BCUT2D eigenvalue weighted by atomic mass is 10.1. The van der Waals surface area contributed by atoms with Gasteiger partial charge in [-0.05, 0) is 41.7 Å². The van der Waals surface area contributed by atoms with Crippen molar-refractivity contribution in [3.05, 3.63) is 64.7 Å². The van der Waals surface area contributed by atoms with Crippen molar-refractivity contribution in [1.82, 2.24) is 10.6 Å². The van der Waals surface area contributed by atoms with Crippen LogP contribution in [0.2, 0.25) is 0 Å². The highest BCUT2D eigenvalue weighted by atomic mass is 127. The highest BCUT2D eigenvalue weighted by Crippen LogP contribution is 2.25. The van der Waals surface area contributed by atoms with E-state index in [1.54, 1.807) is 0 Å². The topological polar surface area (TPSA) is 79.8 Å². The third-order valence-electron chi connectivity index (χ3n) is 4.68. The first kappa shape index (κ1) is 24.5. The molecule has 3 rings (SSSR count). The van der Waals surface area contributed by atoms with Crippen LogP contribution in [0.1, 0.15) is 29.2 Å². The van der Waals surface area contributed by atoms with Gasteiger partial charge in [0.25, 0.3) is 0 Å². The van der Waals surface area contributed by atoms with E-state index in [0.717, 1.165) is 55.4 Å². The van der Waals surface area contributed by atoms with Gasteiger partial charge >= 0.3 is 0 Å². The normalized spacial score (nSPS) is 13.2. The van der Waals surface area contributed by atoms with Crippen LogP contribution < -0.4 is 15.4 Å². The maximum absolute atomic E-state index is 11.4. The minimum atomic E-state index is -3.01. The van der Waals surface area contributed by atoms with Gasteiger partial charge in [-0.15, -0.1) is 24.0 Å². The molecule has 6 nitrogen and oxygen atoms in total. The molecule has 0 unspecified atom stereocenters. The number of nitrogens with zero attached hydrogens (tertiary/aromatic N) is 1. The molecule has 164 valence electrons. The minimum absolute atomic E-state index is 0. The molecule has 8 heteroatoms. The molecule has 0 amide bonds. The summed E-state index contributed by atoms with van der Waals surface area (Å²) in [6.45, 7) is 4.93. The zero-order chi connectivity index (χ0) is 20.7. The molecular formula is C22H30IN3O3S. The number of hydrogen-bond donors (Lipinski definition) is 2. The summed E-state index contributed by atoms with van der Waals surface area (Å²) in [5.41, 5.74) is 4.42. The fourth-order valence-corrected chi connectivity index (χ4v) is 4.07. The Morgan fingerprint density at radius 1 is 1.07 bits per heavy atom. The fraction of sp³-hybridized carbons (Fsp3) is 0.409. The van der Waals surface area contributed by atoms with Gasteiger partial charge in [0.2, 0.25) is 0 Å². The lowest BCUT2D eigenvalue weighted by molar-refractivity contribution is 0.357. The number of benzene rings is 2. The number of fused-ring (bicyclic) bond motifs is 1. The SMILES string of the molecule is CCNC(=NCc1ccc(CS(C)(=O)=O)cc1)NCCc1ccc2c(c1)CCO2.I. The van der Waals surface area contributed by atoms with Crippen molar-refractivity contribution >= 4 is 39.8 Å². The van der Waals surface area contributed by atoms with E-state index < -0.39 is 9.84 Å². The van der Waals surface area contributed by atoms with Gasteiger partial charge in [0, 0.05) is 25.8 Å². The van der Waals surface area contributed by atoms with Crippen LogP contribution in [0.3, 0.4) is 0 Å². The van der Waals surface area contributed by atoms with Gasteiger partial charge in [-0.1, -0.05) is 36.4 Å². The van der Waals surface area contributed by atoms with Crippen molar-refractivity contribution in [2.75, 3.05) is 26.0 Å². The van der Waals surface area contributed by atoms with Gasteiger partial charge in [0.15, 0.2) is 15.8 Å². The van der Waals surface area contributed by atoms with E-state index in [4.69, 9.17) is 4.74 Å². The number of ether oxygens (including phenoxy) is 1. The van der Waals surface area contributed by atoms with E-state index in [-0.39, 0.29) is 29.7 Å². The average Bonchev–Trinajstić information content (AvgIpc) is 3.14. The van der Waals surface area contributed by atoms with Crippen LogP contribution in [0.4, 0.5) is 0 Å². The number of halogens is 1. The van der Waals surface area contributed by atoms with Crippen LogP contribution in [0.5, 0.6) is 5.75 Å². The van der Waals surface area contributed by atoms with Crippen LogP contribution in [-0.4, -0.2) is 40.3 Å². The van der Waals surface area contributed by atoms with Crippen molar-refractivity contribution in [3.63, 3.8) is 0 Å². The van der Waals surface area contributed by atoms with Gasteiger partial charge < -0.3 is 15.4 Å². The molecule has 1 aliphatic rings. The van der Waals surface area contributed by atoms with E-state index in [0.29, 0.717) is 6.54 Å². The van der Waals surface area contributed by atoms with Crippen LogP contribution in [0.15, 0.2) is 47.5 Å².